The third-order valence-electron chi connectivity index (χ3n) is 0.940. The van der Waals surface area contributed by atoms with Gasteiger partial charge in [-0.2, -0.15) is 5.26 Å². The molecule has 74 valence electrons. The first-order valence-electron chi connectivity index (χ1n) is 3.64. The molecule has 0 atom stereocenters. The van der Waals surface area contributed by atoms with Crippen molar-refractivity contribution in [3.8, 4) is 6.07 Å². The predicted molar refractivity (Wildman–Crippen MR) is 45.5 cm³/mol. The minimum absolute atomic E-state index is 0.431. The van der Waals surface area contributed by atoms with Gasteiger partial charge in [-0.25, -0.2) is 4.79 Å². The Labute approximate surface area is 76.5 Å². The lowest BCUT2D eigenvalue weighted by atomic mass is 10.3. The van der Waals surface area contributed by atoms with Crippen molar-refractivity contribution in [3.05, 3.63) is 12.2 Å². The molecule has 13 heavy (non-hydrogen) atoms. The van der Waals surface area contributed by atoms with Crippen LogP contribution in [0, 0.1) is 11.3 Å². The second-order valence-corrected chi connectivity index (χ2v) is 2.16. The summed E-state index contributed by atoms with van der Waals surface area (Å²) in [6.07, 6.45) is 0.215. The van der Waals surface area contributed by atoms with Gasteiger partial charge in [0.25, 0.3) is 0 Å². The maximum absolute atomic E-state index is 9.61. The topological polar surface area (TPSA) is 102 Å². The van der Waals surface area contributed by atoms with Crippen LogP contribution in [0.3, 0.4) is 0 Å². The first kappa shape index (κ1) is 14.2. The number of nitriles is 1. The van der Waals surface area contributed by atoms with Crippen molar-refractivity contribution in [2.45, 2.75) is 26.1 Å². The maximum atomic E-state index is 9.61. The average molecular weight is 187 g/mol. The van der Waals surface area contributed by atoms with Crippen molar-refractivity contribution in [2.24, 2.45) is 0 Å². The Morgan fingerprint density at radius 2 is 2.08 bits per heavy atom. The van der Waals surface area contributed by atoms with Gasteiger partial charge in [0.15, 0.2) is 6.29 Å². The predicted octanol–water partition coefficient (Wildman–Crippen LogP) is 0.248. The molecule has 0 saturated carbocycles. The zero-order valence-electron chi connectivity index (χ0n) is 7.40. The van der Waals surface area contributed by atoms with Crippen LogP contribution in [0.25, 0.3) is 0 Å². The third-order valence-corrected chi connectivity index (χ3v) is 0.940. The van der Waals surface area contributed by atoms with Crippen molar-refractivity contribution in [2.75, 3.05) is 0 Å². The Bertz CT molecular complexity index is 205. The van der Waals surface area contributed by atoms with Gasteiger partial charge in [-0.05, 0) is 6.42 Å². The van der Waals surface area contributed by atoms with E-state index in [1.54, 1.807) is 0 Å². The molecule has 0 aromatic rings. The number of nitrogens with zero attached hydrogens (tertiary/aromatic N) is 1. The fourth-order valence-electron chi connectivity index (χ4n) is 0.306. The molecule has 0 spiro atoms. The minimum Gasteiger partial charge on any atom is -0.477 e. The molecular weight excluding hydrogens is 174 g/mol. The summed E-state index contributed by atoms with van der Waals surface area (Å²) in [5.74, 6) is -1.26. The molecule has 0 radical (unpaired) electrons. The van der Waals surface area contributed by atoms with E-state index in [9.17, 15) is 4.79 Å². The van der Waals surface area contributed by atoms with Gasteiger partial charge in [0.1, 0.15) is 11.6 Å². The van der Waals surface area contributed by atoms with E-state index >= 15 is 0 Å². The van der Waals surface area contributed by atoms with Crippen molar-refractivity contribution in [1.29, 1.82) is 5.26 Å². The normalized spacial score (nSPS) is 8.23. The maximum Gasteiger partial charge on any atom is 0.345 e. The second-order valence-electron chi connectivity index (χ2n) is 2.16. The Hall–Kier alpha value is -1.38. The lowest BCUT2D eigenvalue weighted by Gasteiger charge is -1.94. The molecule has 0 bridgehead atoms. The van der Waals surface area contributed by atoms with Gasteiger partial charge < -0.3 is 15.3 Å². The molecule has 0 aromatic carbocycles. The zero-order chi connectivity index (χ0) is 10.9. The van der Waals surface area contributed by atoms with Crippen LogP contribution >= 0.6 is 0 Å². The number of carboxylic acids is 1. The van der Waals surface area contributed by atoms with Crippen LogP contribution in [0.1, 0.15) is 19.8 Å². The van der Waals surface area contributed by atoms with E-state index in [2.05, 4.69) is 6.58 Å². The van der Waals surface area contributed by atoms with Crippen molar-refractivity contribution >= 4 is 5.97 Å². The van der Waals surface area contributed by atoms with Gasteiger partial charge >= 0.3 is 5.97 Å². The summed E-state index contributed by atoms with van der Waals surface area (Å²) >= 11 is 0. The van der Waals surface area contributed by atoms with E-state index in [0.29, 0.717) is 6.42 Å². The summed E-state index contributed by atoms with van der Waals surface area (Å²) in [4.78, 5) is 9.61. The fraction of sp³-hybridized carbons (Fsp3) is 0.500. The smallest absolute Gasteiger partial charge is 0.345 e. The molecule has 0 aromatic heterocycles. The van der Waals surface area contributed by atoms with Crippen molar-refractivity contribution in [1.82, 2.24) is 0 Å². The Morgan fingerprint density at radius 1 is 1.62 bits per heavy atom. The summed E-state index contributed by atoms with van der Waals surface area (Å²) in [5, 5.41) is 31.9. The molecule has 0 heterocycles. The standard InChI is InChI=1S/C4H3NO2.C4H10O2/c1-3(2-5)4(6)7;1-2-3-4(5)6/h1H2,(H,6,7);4-6H,2-3H2,1H3. The summed E-state index contributed by atoms with van der Waals surface area (Å²) in [7, 11) is 0. The SMILES string of the molecule is C=C(C#N)C(=O)O.CCCC(O)O. The second kappa shape index (κ2) is 8.71. The Kier molecular flexibility index (Phi) is 9.49. The molecule has 5 heteroatoms. The number of hydrogen-bond acceptors (Lipinski definition) is 4. The van der Waals surface area contributed by atoms with Crippen LogP contribution < -0.4 is 0 Å². The molecule has 0 aliphatic heterocycles. The first-order valence-corrected chi connectivity index (χ1v) is 3.64. The third kappa shape index (κ3) is 13.6. The van der Waals surface area contributed by atoms with Gasteiger partial charge in [-0.3, -0.25) is 0 Å². The molecular formula is C8H13NO4. The molecule has 3 N–H and O–H groups in total. The highest BCUT2D eigenvalue weighted by atomic mass is 16.5. The van der Waals surface area contributed by atoms with Crippen LogP contribution in [-0.4, -0.2) is 27.6 Å². The lowest BCUT2D eigenvalue weighted by Crippen LogP contribution is -2.01. The Morgan fingerprint density at radius 3 is 2.08 bits per heavy atom. The molecule has 5 nitrogen and oxygen atoms in total. The van der Waals surface area contributed by atoms with Crippen LogP contribution in [-0.2, 0) is 4.79 Å². The van der Waals surface area contributed by atoms with E-state index in [4.69, 9.17) is 20.6 Å². The zero-order valence-corrected chi connectivity index (χ0v) is 7.40. The quantitative estimate of drug-likeness (QED) is 0.334. The number of aliphatic carboxylic acids is 1. The number of carbonyl (C=O) groups is 1. The molecule has 0 aliphatic carbocycles. The molecule has 0 rings (SSSR count). The van der Waals surface area contributed by atoms with Gasteiger partial charge in [0.05, 0.1) is 0 Å². The average Bonchev–Trinajstić information content (AvgIpc) is 2.03. The molecule has 0 saturated heterocycles. The van der Waals surface area contributed by atoms with Gasteiger partial charge in [-0.1, -0.05) is 19.9 Å². The van der Waals surface area contributed by atoms with Gasteiger partial charge in [0, 0.05) is 0 Å². The number of aliphatic hydroxyl groups is 2. The summed E-state index contributed by atoms with van der Waals surface area (Å²) < 4.78 is 0. The van der Waals surface area contributed by atoms with Gasteiger partial charge in [-0.15, -0.1) is 0 Å². The summed E-state index contributed by atoms with van der Waals surface area (Å²) in [6, 6.07) is 1.37. The van der Waals surface area contributed by atoms with Crippen LogP contribution in [0.2, 0.25) is 0 Å². The van der Waals surface area contributed by atoms with E-state index in [-0.39, 0.29) is 0 Å². The number of rotatable bonds is 3. The molecule has 0 aliphatic rings. The van der Waals surface area contributed by atoms with Crippen molar-refractivity contribution in [3.63, 3.8) is 0 Å². The lowest BCUT2D eigenvalue weighted by molar-refractivity contribution is -0.132. The fourth-order valence-corrected chi connectivity index (χ4v) is 0.306. The monoisotopic (exact) mass is 187 g/mol. The van der Waals surface area contributed by atoms with E-state index in [1.807, 2.05) is 6.92 Å². The number of aliphatic hydroxyl groups excluding tert-OH is 1. The number of carboxylic acid groups (broad SMARTS) is 1. The minimum atomic E-state index is -1.26. The summed E-state index contributed by atoms with van der Waals surface area (Å²) in [5.41, 5.74) is -0.431. The van der Waals surface area contributed by atoms with E-state index in [0.717, 1.165) is 6.42 Å². The van der Waals surface area contributed by atoms with E-state index in [1.165, 1.54) is 6.07 Å². The van der Waals surface area contributed by atoms with Crippen LogP contribution in [0.4, 0.5) is 0 Å². The largest absolute Gasteiger partial charge is 0.477 e. The van der Waals surface area contributed by atoms with Gasteiger partial charge in [0.2, 0.25) is 0 Å². The highest BCUT2D eigenvalue weighted by Crippen LogP contribution is 1.88. The number of hydrogen-bond donors (Lipinski definition) is 3. The molecule has 0 amide bonds. The first-order chi connectivity index (χ1) is 5.95. The van der Waals surface area contributed by atoms with Crippen LogP contribution in [0.15, 0.2) is 12.2 Å². The highest BCUT2D eigenvalue weighted by Gasteiger charge is 1.97. The highest BCUT2D eigenvalue weighted by molar-refractivity contribution is 5.90. The molecule has 0 fully saturated rings. The van der Waals surface area contributed by atoms with Crippen LogP contribution in [0.5, 0.6) is 0 Å². The van der Waals surface area contributed by atoms with E-state index < -0.39 is 17.8 Å². The Balaban J connectivity index is 0. The molecule has 0 unspecified atom stereocenters. The summed E-state index contributed by atoms with van der Waals surface area (Å²) in [6.45, 7) is 4.81. The van der Waals surface area contributed by atoms with Crippen molar-refractivity contribution < 1.29 is 20.1 Å².